The standard InChI is InChI=1S/C21H28N2O2S/c1-18-10-12-20(13-11-18)26(24,25)22-21(19-8-4-2-5-9-19)14-17-23-15-6-3-7-16-23/h2,4-5,8-13,21-22H,3,6-7,14-17H2,1H3/t21-/m0/s1. The average Bonchev–Trinajstić information content (AvgIpc) is 2.67. The molecule has 4 nitrogen and oxygen atoms in total. The van der Waals surface area contributed by atoms with Crippen LogP contribution in [0.2, 0.25) is 0 Å². The molecule has 1 aliphatic heterocycles. The van der Waals surface area contributed by atoms with Crippen molar-refractivity contribution in [3.63, 3.8) is 0 Å². The molecule has 1 fully saturated rings. The smallest absolute Gasteiger partial charge is 0.241 e. The van der Waals surface area contributed by atoms with Gasteiger partial charge in [-0.2, -0.15) is 0 Å². The molecule has 0 aliphatic carbocycles. The maximum absolute atomic E-state index is 12.9. The summed E-state index contributed by atoms with van der Waals surface area (Å²) in [6, 6.07) is 16.7. The molecular formula is C21H28N2O2S. The lowest BCUT2D eigenvalue weighted by Crippen LogP contribution is -2.35. The Labute approximate surface area is 157 Å². The van der Waals surface area contributed by atoms with Crippen molar-refractivity contribution in [2.45, 2.75) is 43.5 Å². The summed E-state index contributed by atoms with van der Waals surface area (Å²) in [7, 11) is -3.55. The van der Waals surface area contributed by atoms with Crippen LogP contribution in [-0.2, 0) is 10.0 Å². The van der Waals surface area contributed by atoms with Gasteiger partial charge in [0.2, 0.25) is 10.0 Å². The van der Waals surface area contributed by atoms with Crippen molar-refractivity contribution in [1.82, 2.24) is 9.62 Å². The van der Waals surface area contributed by atoms with E-state index in [2.05, 4.69) is 9.62 Å². The molecule has 1 saturated heterocycles. The molecule has 1 heterocycles. The molecule has 0 aromatic heterocycles. The van der Waals surface area contributed by atoms with Crippen LogP contribution in [0.4, 0.5) is 0 Å². The minimum absolute atomic E-state index is 0.218. The van der Waals surface area contributed by atoms with E-state index >= 15 is 0 Å². The van der Waals surface area contributed by atoms with Gasteiger partial charge in [0.05, 0.1) is 4.90 Å². The van der Waals surface area contributed by atoms with Crippen molar-refractivity contribution >= 4 is 10.0 Å². The fraction of sp³-hybridized carbons (Fsp3) is 0.429. The summed E-state index contributed by atoms with van der Waals surface area (Å²) in [6.07, 6.45) is 4.56. The van der Waals surface area contributed by atoms with Crippen LogP contribution >= 0.6 is 0 Å². The molecule has 0 bridgehead atoms. The molecule has 2 aromatic carbocycles. The summed E-state index contributed by atoms with van der Waals surface area (Å²) >= 11 is 0. The third-order valence-corrected chi connectivity index (χ3v) is 6.50. The molecule has 0 spiro atoms. The number of aryl methyl sites for hydroxylation is 1. The summed E-state index contributed by atoms with van der Waals surface area (Å²) in [4.78, 5) is 2.77. The van der Waals surface area contributed by atoms with Gasteiger partial charge in [0.1, 0.15) is 0 Å². The van der Waals surface area contributed by atoms with Crippen LogP contribution in [0.1, 0.15) is 42.9 Å². The topological polar surface area (TPSA) is 49.4 Å². The molecule has 2 aromatic rings. The minimum Gasteiger partial charge on any atom is -0.303 e. The van der Waals surface area contributed by atoms with E-state index in [0.717, 1.165) is 37.2 Å². The van der Waals surface area contributed by atoms with Gasteiger partial charge in [-0.25, -0.2) is 13.1 Å². The van der Waals surface area contributed by atoms with E-state index in [-0.39, 0.29) is 6.04 Å². The highest BCUT2D eigenvalue weighted by molar-refractivity contribution is 7.89. The molecule has 0 unspecified atom stereocenters. The Kier molecular flexibility index (Phi) is 6.46. The van der Waals surface area contributed by atoms with Crippen LogP contribution in [0, 0.1) is 6.92 Å². The first-order chi connectivity index (χ1) is 12.5. The van der Waals surface area contributed by atoms with E-state index in [9.17, 15) is 8.42 Å². The summed E-state index contributed by atoms with van der Waals surface area (Å²) in [5.41, 5.74) is 2.06. The van der Waals surface area contributed by atoms with Gasteiger partial charge in [-0.05, 0) is 63.5 Å². The predicted octanol–water partition coefficient (Wildman–Crippen LogP) is 3.89. The molecule has 140 valence electrons. The van der Waals surface area contributed by atoms with Gasteiger partial charge < -0.3 is 4.90 Å². The lowest BCUT2D eigenvalue weighted by atomic mass is 10.0. The maximum atomic E-state index is 12.9. The van der Waals surface area contributed by atoms with E-state index in [0.29, 0.717) is 4.90 Å². The SMILES string of the molecule is Cc1ccc(S(=O)(=O)N[C@@H](CCN2CCCCC2)c2ccccc2)cc1. The highest BCUT2D eigenvalue weighted by Crippen LogP contribution is 2.22. The lowest BCUT2D eigenvalue weighted by molar-refractivity contribution is 0.219. The first-order valence-electron chi connectivity index (χ1n) is 9.41. The zero-order valence-electron chi connectivity index (χ0n) is 15.4. The lowest BCUT2D eigenvalue weighted by Gasteiger charge is -2.28. The van der Waals surface area contributed by atoms with E-state index < -0.39 is 10.0 Å². The highest BCUT2D eigenvalue weighted by atomic mass is 32.2. The normalized spacial score (nSPS) is 17.1. The number of hydrogen-bond donors (Lipinski definition) is 1. The predicted molar refractivity (Wildman–Crippen MR) is 106 cm³/mol. The number of hydrogen-bond acceptors (Lipinski definition) is 3. The molecule has 1 atom stereocenters. The Hall–Kier alpha value is -1.69. The highest BCUT2D eigenvalue weighted by Gasteiger charge is 2.22. The Morgan fingerprint density at radius 2 is 1.62 bits per heavy atom. The Morgan fingerprint density at radius 1 is 0.962 bits per heavy atom. The van der Waals surface area contributed by atoms with Crippen molar-refractivity contribution < 1.29 is 8.42 Å². The van der Waals surface area contributed by atoms with Crippen LogP contribution < -0.4 is 4.72 Å². The Balaban J connectivity index is 1.75. The fourth-order valence-electron chi connectivity index (χ4n) is 3.45. The summed E-state index contributed by atoms with van der Waals surface area (Å²) < 4.78 is 28.6. The van der Waals surface area contributed by atoms with Gasteiger partial charge in [0.15, 0.2) is 0 Å². The van der Waals surface area contributed by atoms with E-state index in [1.165, 1.54) is 19.3 Å². The molecule has 1 N–H and O–H groups in total. The van der Waals surface area contributed by atoms with Gasteiger partial charge in [-0.3, -0.25) is 0 Å². The van der Waals surface area contributed by atoms with E-state index in [1.54, 1.807) is 12.1 Å². The van der Waals surface area contributed by atoms with Gasteiger partial charge >= 0.3 is 0 Å². The van der Waals surface area contributed by atoms with E-state index in [1.807, 2.05) is 49.4 Å². The van der Waals surface area contributed by atoms with Crippen LogP contribution in [0.15, 0.2) is 59.5 Å². The molecular weight excluding hydrogens is 344 g/mol. The van der Waals surface area contributed by atoms with Gasteiger partial charge in [-0.15, -0.1) is 0 Å². The second-order valence-corrected chi connectivity index (χ2v) is 8.80. The van der Waals surface area contributed by atoms with Crippen LogP contribution in [0.5, 0.6) is 0 Å². The van der Waals surface area contributed by atoms with Crippen LogP contribution in [-0.4, -0.2) is 33.0 Å². The summed E-state index contributed by atoms with van der Waals surface area (Å²) in [5, 5.41) is 0. The van der Waals surface area contributed by atoms with Crippen molar-refractivity contribution in [2.75, 3.05) is 19.6 Å². The quantitative estimate of drug-likeness (QED) is 0.802. The zero-order chi connectivity index (χ0) is 18.4. The minimum atomic E-state index is -3.55. The molecule has 26 heavy (non-hydrogen) atoms. The summed E-state index contributed by atoms with van der Waals surface area (Å²) in [5.74, 6) is 0. The van der Waals surface area contributed by atoms with Gasteiger partial charge in [-0.1, -0.05) is 54.4 Å². The van der Waals surface area contributed by atoms with Crippen molar-refractivity contribution in [3.8, 4) is 0 Å². The second kappa shape index (κ2) is 8.80. The molecule has 3 rings (SSSR count). The monoisotopic (exact) mass is 372 g/mol. The van der Waals surface area contributed by atoms with Crippen LogP contribution in [0.25, 0.3) is 0 Å². The number of benzene rings is 2. The molecule has 5 heteroatoms. The molecule has 1 aliphatic rings. The number of rotatable bonds is 7. The third kappa shape index (κ3) is 5.16. The third-order valence-electron chi connectivity index (χ3n) is 5.01. The first kappa shape index (κ1) is 19.1. The van der Waals surface area contributed by atoms with E-state index in [4.69, 9.17) is 0 Å². The number of piperidine rings is 1. The number of nitrogens with one attached hydrogen (secondary N) is 1. The molecule has 0 radical (unpaired) electrons. The maximum Gasteiger partial charge on any atom is 0.241 e. The number of likely N-dealkylation sites (tertiary alicyclic amines) is 1. The first-order valence-corrected chi connectivity index (χ1v) is 10.9. The molecule has 0 saturated carbocycles. The van der Waals surface area contributed by atoms with Gasteiger partial charge in [0.25, 0.3) is 0 Å². The zero-order valence-corrected chi connectivity index (χ0v) is 16.2. The number of nitrogens with zero attached hydrogens (tertiary/aromatic N) is 1. The van der Waals surface area contributed by atoms with Gasteiger partial charge in [0, 0.05) is 6.04 Å². The summed E-state index contributed by atoms with van der Waals surface area (Å²) in [6.45, 7) is 5.10. The average molecular weight is 373 g/mol. The van der Waals surface area contributed by atoms with Crippen molar-refractivity contribution in [3.05, 3.63) is 65.7 Å². The van der Waals surface area contributed by atoms with Crippen LogP contribution in [0.3, 0.4) is 0 Å². The van der Waals surface area contributed by atoms with Crippen molar-refractivity contribution in [2.24, 2.45) is 0 Å². The Bertz CT molecular complexity index is 783. The molecule has 0 amide bonds. The van der Waals surface area contributed by atoms with Crippen molar-refractivity contribution in [1.29, 1.82) is 0 Å². The Morgan fingerprint density at radius 3 is 2.27 bits per heavy atom. The second-order valence-electron chi connectivity index (χ2n) is 7.09. The number of sulfonamides is 1. The fourth-order valence-corrected chi connectivity index (χ4v) is 4.71. The largest absolute Gasteiger partial charge is 0.303 e.